The van der Waals surface area contributed by atoms with E-state index in [2.05, 4.69) is 10.4 Å². The maximum atomic E-state index is 12.1. The van der Waals surface area contributed by atoms with E-state index in [0.29, 0.717) is 31.1 Å². The van der Waals surface area contributed by atoms with Crippen LogP contribution >= 0.6 is 0 Å². The largest absolute Gasteiger partial charge is 0.383 e. The molecule has 0 saturated carbocycles. The van der Waals surface area contributed by atoms with Crippen LogP contribution in [0.25, 0.3) is 0 Å². The van der Waals surface area contributed by atoms with Crippen molar-refractivity contribution in [1.82, 2.24) is 9.88 Å². The van der Waals surface area contributed by atoms with Crippen LogP contribution < -0.4 is 11.3 Å². The molecule has 0 aliphatic carbocycles. The summed E-state index contributed by atoms with van der Waals surface area (Å²) in [6, 6.07) is 3.29. The van der Waals surface area contributed by atoms with Gasteiger partial charge in [0.2, 0.25) is 0 Å². The number of hydrazine groups is 1. The van der Waals surface area contributed by atoms with Gasteiger partial charge >= 0.3 is 0 Å². The highest BCUT2D eigenvalue weighted by Gasteiger charge is 2.14. The topological polar surface area (TPSA) is 80.5 Å². The van der Waals surface area contributed by atoms with Crippen LogP contribution in [0.15, 0.2) is 18.3 Å². The molecule has 1 rings (SSSR count). The van der Waals surface area contributed by atoms with Crippen LogP contribution in [0.5, 0.6) is 0 Å². The molecule has 0 unspecified atom stereocenters. The number of likely N-dealkylation sites (N-methyl/N-ethyl adjacent to an activating group) is 1. The molecule has 17 heavy (non-hydrogen) atoms. The summed E-state index contributed by atoms with van der Waals surface area (Å²) in [6.45, 7) is 3.65. The standard InChI is InChI=1S/C11H18N4O2/c1-3-15(6-7-17-2)11(16)9-4-5-13-10(8-9)14-12/h4-5,8H,3,6-7,12H2,1-2H3,(H,13,14). The number of hydrogen-bond acceptors (Lipinski definition) is 5. The number of nitrogen functional groups attached to an aromatic ring is 1. The minimum Gasteiger partial charge on any atom is -0.383 e. The van der Waals surface area contributed by atoms with E-state index in [0.717, 1.165) is 0 Å². The minimum absolute atomic E-state index is 0.0524. The second kappa shape index (κ2) is 6.82. The van der Waals surface area contributed by atoms with Crippen LogP contribution in [0.4, 0.5) is 5.82 Å². The Morgan fingerprint density at radius 2 is 2.41 bits per heavy atom. The monoisotopic (exact) mass is 238 g/mol. The average molecular weight is 238 g/mol. The van der Waals surface area contributed by atoms with E-state index in [9.17, 15) is 4.79 Å². The van der Waals surface area contributed by atoms with Crippen molar-refractivity contribution in [1.29, 1.82) is 0 Å². The SMILES string of the molecule is CCN(CCOC)C(=O)c1ccnc(NN)c1. The summed E-state index contributed by atoms with van der Waals surface area (Å²) < 4.78 is 4.97. The molecule has 0 aliphatic heterocycles. The minimum atomic E-state index is -0.0524. The summed E-state index contributed by atoms with van der Waals surface area (Å²) in [6.07, 6.45) is 1.55. The fraction of sp³-hybridized carbons (Fsp3) is 0.455. The lowest BCUT2D eigenvalue weighted by molar-refractivity contribution is 0.0706. The molecule has 3 N–H and O–H groups in total. The molecular weight excluding hydrogens is 220 g/mol. The van der Waals surface area contributed by atoms with Gasteiger partial charge in [-0.15, -0.1) is 0 Å². The van der Waals surface area contributed by atoms with Crippen molar-refractivity contribution in [3.8, 4) is 0 Å². The number of pyridine rings is 1. The third kappa shape index (κ3) is 3.69. The van der Waals surface area contributed by atoms with Crippen molar-refractivity contribution in [3.05, 3.63) is 23.9 Å². The Morgan fingerprint density at radius 3 is 3.00 bits per heavy atom. The summed E-state index contributed by atoms with van der Waals surface area (Å²) in [5.41, 5.74) is 2.98. The molecule has 1 heterocycles. The van der Waals surface area contributed by atoms with E-state index in [4.69, 9.17) is 10.6 Å². The molecule has 0 radical (unpaired) electrons. The molecule has 94 valence electrons. The summed E-state index contributed by atoms with van der Waals surface area (Å²) in [5.74, 6) is 5.67. The van der Waals surface area contributed by atoms with Gasteiger partial charge in [-0.1, -0.05) is 0 Å². The van der Waals surface area contributed by atoms with E-state index in [1.54, 1.807) is 30.3 Å². The van der Waals surface area contributed by atoms with Gasteiger partial charge in [-0.2, -0.15) is 0 Å². The van der Waals surface area contributed by atoms with Crippen molar-refractivity contribution >= 4 is 11.7 Å². The van der Waals surface area contributed by atoms with Gasteiger partial charge < -0.3 is 15.1 Å². The molecule has 0 saturated heterocycles. The number of rotatable bonds is 6. The summed E-state index contributed by atoms with van der Waals surface area (Å²) in [4.78, 5) is 17.8. The highest BCUT2D eigenvalue weighted by Crippen LogP contribution is 2.08. The summed E-state index contributed by atoms with van der Waals surface area (Å²) in [7, 11) is 1.61. The highest BCUT2D eigenvalue weighted by atomic mass is 16.5. The normalized spacial score (nSPS) is 10.1. The van der Waals surface area contributed by atoms with E-state index in [1.165, 1.54) is 0 Å². The number of anilines is 1. The van der Waals surface area contributed by atoms with Gasteiger partial charge in [-0.05, 0) is 19.1 Å². The van der Waals surface area contributed by atoms with Crippen LogP contribution in [-0.2, 0) is 4.74 Å². The van der Waals surface area contributed by atoms with Gasteiger partial charge in [0.15, 0.2) is 0 Å². The molecule has 1 aromatic rings. The van der Waals surface area contributed by atoms with Crippen molar-refractivity contribution < 1.29 is 9.53 Å². The number of nitrogens with two attached hydrogens (primary N) is 1. The smallest absolute Gasteiger partial charge is 0.254 e. The Labute approximate surface area is 101 Å². The first-order chi connectivity index (χ1) is 8.22. The number of nitrogens with one attached hydrogen (secondary N) is 1. The zero-order chi connectivity index (χ0) is 12.7. The molecular formula is C11H18N4O2. The zero-order valence-electron chi connectivity index (χ0n) is 10.1. The molecule has 1 amide bonds. The van der Waals surface area contributed by atoms with Crippen LogP contribution in [-0.4, -0.2) is 42.6 Å². The molecule has 1 aromatic heterocycles. The van der Waals surface area contributed by atoms with E-state index in [1.807, 2.05) is 6.92 Å². The molecule has 0 aromatic carbocycles. The third-order valence-electron chi connectivity index (χ3n) is 2.39. The Bertz CT molecular complexity index is 370. The number of carbonyl (C=O) groups is 1. The first-order valence-electron chi connectivity index (χ1n) is 5.43. The molecule has 0 bridgehead atoms. The molecule has 6 nitrogen and oxygen atoms in total. The molecule has 0 spiro atoms. The van der Waals surface area contributed by atoms with Crippen molar-refractivity contribution in [2.45, 2.75) is 6.92 Å². The first kappa shape index (κ1) is 13.4. The molecule has 6 heteroatoms. The number of amides is 1. The molecule has 0 aliphatic rings. The Morgan fingerprint density at radius 1 is 1.65 bits per heavy atom. The summed E-state index contributed by atoms with van der Waals surface area (Å²) in [5, 5.41) is 0. The van der Waals surface area contributed by atoms with Gasteiger partial charge in [0.1, 0.15) is 5.82 Å². The maximum Gasteiger partial charge on any atom is 0.254 e. The van der Waals surface area contributed by atoms with Crippen LogP contribution in [0, 0.1) is 0 Å². The molecule has 0 fully saturated rings. The Balaban J connectivity index is 2.78. The fourth-order valence-electron chi connectivity index (χ4n) is 1.43. The predicted octanol–water partition coefficient (Wildman–Crippen LogP) is 0.476. The maximum absolute atomic E-state index is 12.1. The van der Waals surface area contributed by atoms with Crippen LogP contribution in [0.1, 0.15) is 17.3 Å². The van der Waals surface area contributed by atoms with Crippen molar-refractivity contribution in [2.75, 3.05) is 32.2 Å². The number of ether oxygens (including phenoxy) is 1. The Hall–Kier alpha value is -1.66. The quantitative estimate of drug-likeness (QED) is 0.556. The highest BCUT2D eigenvalue weighted by molar-refractivity contribution is 5.94. The fourth-order valence-corrected chi connectivity index (χ4v) is 1.43. The lowest BCUT2D eigenvalue weighted by Crippen LogP contribution is -2.33. The number of methoxy groups -OCH3 is 1. The van der Waals surface area contributed by atoms with Gasteiger partial charge in [0, 0.05) is 32.0 Å². The van der Waals surface area contributed by atoms with Gasteiger partial charge in [0.25, 0.3) is 5.91 Å². The number of hydrogen-bond donors (Lipinski definition) is 2. The summed E-state index contributed by atoms with van der Waals surface area (Å²) >= 11 is 0. The molecule has 0 atom stereocenters. The van der Waals surface area contributed by atoms with E-state index < -0.39 is 0 Å². The lowest BCUT2D eigenvalue weighted by Gasteiger charge is -2.20. The second-order valence-electron chi connectivity index (χ2n) is 3.45. The zero-order valence-corrected chi connectivity index (χ0v) is 10.1. The lowest BCUT2D eigenvalue weighted by atomic mass is 10.2. The van der Waals surface area contributed by atoms with E-state index in [-0.39, 0.29) is 5.91 Å². The third-order valence-corrected chi connectivity index (χ3v) is 2.39. The number of aromatic nitrogens is 1. The van der Waals surface area contributed by atoms with Crippen molar-refractivity contribution in [2.24, 2.45) is 5.84 Å². The van der Waals surface area contributed by atoms with Crippen LogP contribution in [0.2, 0.25) is 0 Å². The number of carbonyl (C=O) groups excluding carboxylic acids is 1. The van der Waals surface area contributed by atoms with Gasteiger partial charge in [-0.3, -0.25) is 4.79 Å². The van der Waals surface area contributed by atoms with Crippen LogP contribution in [0.3, 0.4) is 0 Å². The van der Waals surface area contributed by atoms with E-state index >= 15 is 0 Å². The average Bonchev–Trinajstić information content (AvgIpc) is 2.39. The van der Waals surface area contributed by atoms with Gasteiger partial charge in [-0.25, -0.2) is 10.8 Å². The second-order valence-corrected chi connectivity index (χ2v) is 3.45. The van der Waals surface area contributed by atoms with Crippen molar-refractivity contribution in [3.63, 3.8) is 0 Å². The first-order valence-corrected chi connectivity index (χ1v) is 5.43. The Kier molecular flexibility index (Phi) is 5.38. The van der Waals surface area contributed by atoms with Gasteiger partial charge in [0.05, 0.1) is 6.61 Å². The number of nitrogens with zero attached hydrogens (tertiary/aromatic N) is 2. The predicted molar refractivity (Wildman–Crippen MR) is 65.5 cm³/mol.